The van der Waals surface area contributed by atoms with Crippen molar-refractivity contribution in [3.8, 4) is 5.75 Å². The Balaban J connectivity index is 1.45. The van der Waals surface area contributed by atoms with Crippen LogP contribution in [0.1, 0.15) is 16.7 Å². The molecule has 1 heterocycles. The summed E-state index contributed by atoms with van der Waals surface area (Å²) < 4.78 is 21.3. The zero-order valence-electron chi connectivity index (χ0n) is 20.6. The average molecular weight is 601 g/mol. The van der Waals surface area contributed by atoms with Crippen LogP contribution in [0.15, 0.2) is 102 Å². The van der Waals surface area contributed by atoms with E-state index in [4.69, 9.17) is 17.0 Å². The predicted octanol–water partition coefficient (Wildman–Crippen LogP) is 6.88. The van der Waals surface area contributed by atoms with Crippen LogP contribution in [0.3, 0.4) is 0 Å². The summed E-state index contributed by atoms with van der Waals surface area (Å²) in [6.07, 6.45) is 3.70. The van der Waals surface area contributed by atoms with Gasteiger partial charge in [0.25, 0.3) is 11.8 Å². The fraction of sp³-hybridized carbons (Fsp3) is 0.0645. The number of carbonyl (C=O) groups excluding carboxylic acids is 2. The number of halogens is 2. The van der Waals surface area contributed by atoms with Gasteiger partial charge in [0.15, 0.2) is 5.11 Å². The van der Waals surface area contributed by atoms with Crippen molar-refractivity contribution in [3.63, 3.8) is 0 Å². The topological polar surface area (TPSA) is 58.6 Å². The van der Waals surface area contributed by atoms with Gasteiger partial charge in [-0.1, -0.05) is 54.6 Å². The van der Waals surface area contributed by atoms with Gasteiger partial charge in [-0.15, -0.1) is 6.58 Å². The zero-order chi connectivity index (χ0) is 27.5. The van der Waals surface area contributed by atoms with Gasteiger partial charge in [-0.25, -0.2) is 9.29 Å². The number of rotatable bonds is 7. The van der Waals surface area contributed by atoms with Gasteiger partial charge in [-0.2, -0.15) is 0 Å². The molecule has 0 spiro atoms. The lowest BCUT2D eigenvalue weighted by molar-refractivity contribution is -0.122. The zero-order valence-corrected chi connectivity index (χ0v) is 23.0. The highest BCUT2D eigenvalue weighted by molar-refractivity contribution is 9.10. The molecule has 5 nitrogen and oxygen atoms in total. The van der Waals surface area contributed by atoms with Crippen molar-refractivity contribution >= 4 is 67.6 Å². The van der Waals surface area contributed by atoms with Crippen molar-refractivity contribution in [2.45, 2.75) is 13.0 Å². The molecule has 5 rings (SSSR count). The highest BCUT2D eigenvalue weighted by Crippen LogP contribution is 2.34. The molecule has 39 heavy (non-hydrogen) atoms. The molecule has 2 amide bonds. The minimum atomic E-state index is -0.716. The maximum absolute atomic E-state index is 14.5. The Morgan fingerprint density at radius 3 is 2.51 bits per heavy atom. The summed E-state index contributed by atoms with van der Waals surface area (Å²) in [6.45, 7) is 4.20. The maximum atomic E-state index is 14.5. The quantitative estimate of drug-likeness (QED) is 0.109. The first-order chi connectivity index (χ1) is 18.9. The number of ether oxygens (including phenoxy) is 1. The molecule has 4 aromatic rings. The number of carbonyl (C=O) groups is 2. The Morgan fingerprint density at radius 2 is 1.74 bits per heavy atom. The molecule has 8 heteroatoms. The maximum Gasteiger partial charge on any atom is 0.270 e. The van der Waals surface area contributed by atoms with Crippen molar-refractivity contribution in [2.75, 3.05) is 4.90 Å². The number of thiocarbonyl (C=S) groups is 1. The molecular formula is C31H22BrFN2O3S. The molecule has 0 aliphatic carbocycles. The second-order valence-electron chi connectivity index (χ2n) is 8.86. The lowest BCUT2D eigenvalue weighted by atomic mass is 10.0. The van der Waals surface area contributed by atoms with Gasteiger partial charge in [0.05, 0.1) is 10.2 Å². The van der Waals surface area contributed by atoms with Crippen LogP contribution in [0.25, 0.3) is 16.8 Å². The van der Waals surface area contributed by atoms with Gasteiger partial charge in [-0.05, 0) is 98.4 Å². The number of hydrogen-bond donors (Lipinski definition) is 1. The first kappa shape index (κ1) is 26.5. The smallest absolute Gasteiger partial charge is 0.270 e. The average Bonchev–Trinajstić information content (AvgIpc) is 2.91. The van der Waals surface area contributed by atoms with Gasteiger partial charge < -0.3 is 4.74 Å². The third-order valence-electron chi connectivity index (χ3n) is 6.21. The fourth-order valence-electron chi connectivity index (χ4n) is 4.39. The van der Waals surface area contributed by atoms with Crippen LogP contribution in [0.4, 0.5) is 10.1 Å². The van der Waals surface area contributed by atoms with Crippen molar-refractivity contribution in [3.05, 3.63) is 124 Å². The molecule has 1 saturated heterocycles. The van der Waals surface area contributed by atoms with E-state index in [1.165, 1.54) is 24.3 Å². The first-order valence-corrected chi connectivity index (χ1v) is 13.3. The van der Waals surface area contributed by atoms with Gasteiger partial charge in [0.2, 0.25) is 0 Å². The van der Waals surface area contributed by atoms with Crippen LogP contribution in [-0.2, 0) is 22.6 Å². The Kier molecular flexibility index (Phi) is 7.67. The third kappa shape index (κ3) is 5.53. The number of nitrogens with zero attached hydrogens (tertiary/aromatic N) is 1. The number of nitrogens with one attached hydrogen (secondary N) is 1. The normalized spacial score (nSPS) is 14.6. The Hall–Kier alpha value is -4.14. The molecule has 0 radical (unpaired) electrons. The summed E-state index contributed by atoms with van der Waals surface area (Å²) in [5.41, 5.74) is 2.20. The first-order valence-electron chi connectivity index (χ1n) is 12.1. The summed E-state index contributed by atoms with van der Waals surface area (Å²) in [4.78, 5) is 27.0. The van der Waals surface area contributed by atoms with E-state index in [0.717, 1.165) is 26.8 Å². The molecule has 0 bridgehead atoms. The van der Waals surface area contributed by atoms with Crippen molar-refractivity contribution in [1.29, 1.82) is 0 Å². The van der Waals surface area contributed by atoms with Crippen molar-refractivity contribution in [1.82, 2.24) is 5.32 Å². The van der Waals surface area contributed by atoms with E-state index in [1.807, 2.05) is 24.3 Å². The Labute approximate surface area is 238 Å². The Bertz CT molecular complexity index is 1680. The van der Waals surface area contributed by atoms with Crippen LogP contribution in [-0.4, -0.2) is 16.9 Å². The number of para-hydroxylation sites is 1. The van der Waals surface area contributed by atoms with E-state index in [1.54, 1.807) is 18.2 Å². The second kappa shape index (κ2) is 11.3. The number of benzene rings is 4. The molecule has 1 aliphatic rings. The molecule has 0 aromatic heterocycles. The largest absolute Gasteiger partial charge is 0.487 e. The summed E-state index contributed by atoms with van der Waals surface area (Å²) in [5.74, 6) is -1.37. The minimum Gasteiger partial charge on any atom is -0.487 e. The van der Waals surface area contributed by atoms with Crippen molar-refractivity contribution in [2.24, 2.45) is 0 Å². The molecule has 1 aliphatic heterocycles. The van der Waals surface area contributed by atoms with Crippen LogP contribution < -0.4 is 15.0 Å². The lowest BCUT2D eigenvalue weighted by Crippen LogP contribution is -2.54. The van der Waals surface area contributed by atoms with Gasteiger partial charge in [0.1, 0.15) is 23.7 Å². The summed E-state index contributed by atoms with van der Waals surface area (Å²) in [7, 11) is 0. The summed E-state index contributed by atoms with van der Waals surface area (Å²) >= 11 is 8.76. The molecule has 0 saturated carbocycles. The van der Waals surface area contributed by atoms with E-state index < -0.39 is 17.6 Å². The molecule has 194 valence electrons. The van der Waals surface area contributed by atoms with E-state index in [-0.39, 0.29) is 16.4 Å². The summed E-state index contributed by atoms with van der Waals surface area (Å²) in [5, 5.41) is 4.59. The molecule has 4 aromatic carbocycles. The fourth-order valence-corrected chi connectivity index (χ4v) is 5.29. The number of anilines is 1. The van der Waals surface area contributed by atoms with Crippen molar-refractivity contribution < 1.29 is 18.7 Å². The van der Waals surface area contributed by atoms with E-state index >= 15 is 0 Å². The molecular weight excluding hydrogens is 579 g/mol. The van der Waals surface area contributed by atoms with E-state index in [0.29, 0.717) is 28.8 Å². The second-order valence-corrected chi connectivity index (χ2v) is 10.1. The van der Waals surface area contributed by atoms with Crippen LogP contribution >= 0.6 is 28.1 Å². The highest BCUT2D eigenvalue weighted by atomic mass is 79.9. The van der Waals surface area contributed by atoms with Gasteiger partial charge in [0, 0.05) is 0 Å². The number of fused-ring (bicyclic) bond motifs is 1. The number of hydrogen-bond acceptors (Lipinski definition) is 4. The van der Waals surface area contributed by atoms with Crippen LogP contribution in [0.5, 0.6) is 5.75 Å². The predicted molar refractivity (Wildman–Crippen MR) is 159 cm³/mol. The van der Waals surface area contributed by atoms with Crippen LogP contribution in [0.2, 0.25) is 0 Å². The molecule has 1 fully saturated rings. The SMILES string of the molecule is C=CCc1cc(/C=C2\C(=O)NC(=S)N(c3ccccc3F)C2=O)cc(Br)c1OCc1ccc2ccccc2c1. The van der Waals surface area contributed by atoms with E-state index in [2.05, 4.69) is 52.1 Å². The highest BCUT2D eigenvalue weighted by Gasteiger charge is 2.35. The molecule has 0 atom stereocenters. The van der Waals surface area contributed by atoms with Gasteiger partial charge >= 0.3 is 0 Å². The molecule has 1 N–H and O–H groups in total. The standard InChI is InChI=1S/C31H22BrFN2O3S/c1-2-7-23-15-20(16-24-29(36)34-31(39)35(30(24)37)27-11-6-5-10-26(27)33)17-25(32)28(23)38-18-19-12-13-21-8-3-4-9-22(21)14-19/h2-6,8-17H,1,7,18H2,(H,34,36,39)/b24-16+. The van der Waals surface area contributed by atoms with Crippen LogP contribution in [0, 0.1) is 5.82 Å². The minimum absolute atomic E-state index is 0.0376. The van der Waals surface area contributed by atoms with Gasteiger partial charge in [-0.3, -0.25) is 14.9 Å². The number of amides is 2. The monoisotopic (exact) mass is 600 g/mol. The third-order valence-corrected chi connectivity index (χ3v) is 7.08. The number of allylic oxidation sites excluding steroid dienone is 1. The Morgan fingerprint density at radius 1 is 1.00 bits per heavy atom. The molecule has 0 unspecified atom stereocenters. The lowest BCUT2D eigenvalue weighted by Gasteiger charge is -2.29. The summed E-state index contributed by atoms with van der Waals surface area (Å²) in [6, 6.07) is 23.6. The van der Waals surface area contributed by atoms with E-state index in [9.17, 15) is 14.0 Å².